The molecule has 0 aliphatic carbocycles. The van der Waals surface area contributed by atoms with Gasteiger partial charge in [-0.2, -0.15) is 0 Å². The Kier molecular flexibility index (Phi) is 6.51. The third-order valence-corrected chi connectivity index (χ3v) is 5.44. The number of ether oxygens (including phenoxy) is 1. The van der Waals surface area contributed by atoms with Crippen LogP contribution in [0.25, 0.3) is 11.0 Å². The zero-order valence-corrected chi connectivity index (χ0v) is 16.3. The van der Waals surface area contributed by atoms with Crippen LogP contribution in [0.1, 0.15) is 30.4 Å². The summed E-state index contributed by atoms with van der Waals surface area (Å²) in [4.78, 5) is 28.7. The van der Waals surface area contributed by atoms with Crippen LogP contribution in [0.15, 0.2) is 27.4 Å². The summed E-state index contributed by atoms with van der Waals surface area (Å²) in [6.45, 7) is 7.18. The third-order valence-electron chi connectivity index (χ3n) is 5.44. The normalized spacial score (nSPS) is 15.6. The monoisotopic (exact) mass is 390 g/mol. The maximum atomic E-state index is 11.9. The van der Waals surface area contributed by atoms with E-state index in [-0.39, 0.29) is 12.2 Å². The number of piperidine rings is 1. The molecule has 8 heteroatoms. The second-order valence-corrected chi connectivity index (χ2v) is 7.30. The number of benzene rings is 1. The largest absolute Gasteiger partial charge is 0.493 e. The summed E-state index contributed by atoms with van der Waals surface area (Å²) < 4.78 is 11.3. The lowest BCUT2D eigenvalue weighted by molar-refractivity contribution is -0.757. The Morgan fingerprint density at radius 2 is 2.00 bits per heavy atom. The number of aryl methyl sites for hydroxylation is 1. The van der Waals surface area contributed by atoms with Crippen LogP contribution in [0, 0.1) is 29.9 Å². The summed E-state index contributed by atoms with van der Waals surface area (Å²) in [5.74, 6) is 1.17. The van der Waals surface area contributed by atoms with E-state index in [1.165, 1.54) is 0 Å². The molecule has 0 unspecified atom stereocenters. The second-order valence-electron chi connectivity index (χ2n) is 7.30. The molecule has 152 valence electrons. The van der Waals surface area contributed by atoms with Crippen molar-refractivity contribution in [3.63, 3.8) is 0 Å². The van der Waals surface area contributed by atoms with Gasteiger partial charge in [0.15, 0.2) is 0 Å². The van der Waals surface area contributed by atoms with Crippen molar-refractivity contribution in [2.45, 2.75) is 33.1 Å². The van der Waals surface area contributed by atoms with Crippen LogP contribution < -0.4 is 10.4 Å². The van der Waals surface area contributed by atoms with Crippen molar-refractivity contribution in [1.29, 1.82) is 0 Å². The highest BCUT2D eigenvalue weighted by Crippen LogP contribution is 2.25. The molecule has 0 spiro atoms. The van der Waals surface area contributed by atoms with Crippen LogP contribution >= 0.6 is 0 Å². The molecule has 3 rings (SSSR count). The highest BCUT2D eigenvalue weighted by molar-refractivity contribution is 5.82. The lowest BCUT2D eigenvalue weighted by atomic mass is 9.97. The third kappa shape index (κ3) is 5.01. The fraction of sp³-hybridized carbons (Fsp3) is 0.550. The van der Waals surface area contributed by atoms with Crippen LogP contribution in [0.2, 0.25) is 0 Å². The Bertz CT molecular complexity index is 886. The van der Waals surface area contributed by atoms with Gasteiger partial charge in [-0.05, 0) is 76.4 Å². The Morgan fingerprint density at radius 1 is 1.25 bits per heavy atom. The molecule has 2 aromatic rings. The minimum absolute atomic E-state index is 0.146. The van der Waals surface area contributed by atoms with Gasteiger partial charge in [0.1, 0.15) is 11.3 Å². The molecule has 2 heterocycles. The first-order valence-electron chi connectivity index (χ1n) is 9.60. The first-order valence-corrected chi connectivity index (χ1v) is 9.60. The van der Waals surface area contributed by atoms with E-state index in [1.807, 2.05) is 19.1 Å². The lowest BCUT2D eigenvalue weighted by Gasteiger charge is -2.31. The molecular weight excluding hydrogens is 364 g/mol. The molecule has 0 N–H and O–H groups in total. The molecule has 28 heavy (non-hydrogen) atoms. The first-order chi connectivity index (χ1) is 13.4. The number of hydrogen-bond acceptors (Lipinski definition) is 7. The molecule has 0 amide bonds. The van der Waals surface area contributed by atoms with Crippen molar-refractivity contribution in [1.82, 2.24) is 4.90 Å². The van der Waals surface area contributed by atoms with E-state index in [0.717, 1.165) is 43.4 Å². The van der Waals surface area contributed by atoms with Crippen molar-refractivity contribution in [2.24, 2.45) is 5.92 Å². The lowest BCUT2D eigenvalue weighted by Crippen LogP contribution is -2.36. The van der Waals surface area contributed by atoms with E-state index in [4.69, 9.17) is 9.15 Å². The standard InChI is InChI=1S/C20H26N2O6/c1-14-15(2)20(23)28-19-12-17(4-5-18(14)19)26-13-16-6-9-21(10-7-16)8-3-11-27-22(24)25/h4-5,12,16H,3,6-11,13H2,1-2H3. The van der Waals surface area contributed by atoms with E-state index in [1.54, 1.807) is 13.0 Å². The van der Waals surface area contributed by atoms with Crippen LogP contribution in [-0.4, -0.2) is 42.8 Å². The molecule has 1 aromatic carbocycles. The molecule has 1 aliphatic heterocycles. The second kappa shape index (κ2) is 9.05. The molecule has 0 atom stereocenters. The zero-order valence-electron chi connectivity index (χ0n) is 16.3. The summed E-state index contributed by atoms with van der Waals surface area (Å²) in [5.41, 5.74) is 1.82. The predicted molar refractivity (Wildman–Crippen MR) is 104 cm³/mol. The van der Waals surface area contributed by atoms with Crippen molar-refractivity contribution < 1.29 is 19.1 Å². The average molecular weight is 390 g/mol. The Labute approximate surface area is 163 Å². The van der Waals surface area contributed by atoms with Gasteiger partial charge < -0.3 is 18.9 Å². The van der Waals surface area contributed by atoms with E-state index < -0.39 is 5.09 Å². The summed E-state index contributed by atoms with van der Waals surface area (Å²) >= 11 is 0. The quantitative estimate of drug-likeness (QED) is 0.296. The van der Waals surface area contributed by atoms with Gasteiger partial charge in [-0.15, -0.1) is 10.1 Å². The summed E-state index contributed by atoms with van der Waals surface area (Å²) in [7, 11) is 0. The average Bonchev–Trinajstić information content (AvgIpc) is 2.68. The van der Waals surface area contributed by atoms with E-state index in [0.29, 0.717) is 35.8 Å². The smallest absolute Gasteiger partial charge is 0.339 e. The summed E-state index contributed by atoms with van der Waals surface area (Å²) in [6.07, 6.45) is 2.71. The van der Waals surface area contributed by atoms with Gasteiger partial charge in [-0.1, -0.05) is 0 Å². The van der Waals surface area contributed by atoms with E-state index in [9.17, 15) is 14.9 Å². The number of rotatable bonds is 8. The van der Waals surface area contributed by atoms with Crippen molar-refractivity contribution in [2.75, 3.05) is 32.8 Å². The molecular formula is C20H26N2O6. The number of hydrogen-bond donors (Lipinski definition) is 0. The Balaban J connectivity index is 1.47. The van der Waals surface area contributed by atoms with Gasteiger partial charge in [-0.3, -0.25) is 0 Å². The Hall–Kier alpha value is -2.61. The van der Waals surface area contributed by atoms with Gasteiger partial charge in [0.2, 0.25) is 0 Å². The fourth-order valence-corrected chi connectivity index (χ4v) is 3.54. The molecule has 0 bridgehead atoms. The Morgan fingerprint density at radius 3 is 2.71 bits per heavy atom. The highest BCUT2D eigenvalue weighted by Gasteiger charge is 2.19. The van der Waals surface area contributed by atoms with Gasteiger partial charge >= 0.3 is 5.63 Å². The number of nitrogens with zero attached hydrogens (tertiary/aromatic N) is 2. The highest BCUT2D eigenvalue weighted by atomic mass is 16.9. The minimum Gasteiger partial charge on any atom is -0.493 e. The van der Waals surface area contributed by atoms with Crippen LogP contribution in [-0.2, 0) is 4.84 Å². The maximum Gasteiger partial charge on any atom is 0.339 e. The summed E-state index contributed by atoms with van der Waals surface area (Å²) in [6, 6.07) is 5.64. The molecule has 8 nitrogen and oxygen atoms in total. The number of fused-ring (bicyclic) bond motifs is 1. The molecule has 1 aromatic heterocycles. The van der Waals surface area contributed by atoms with Crippen molar-refractivity contribution >= 4 is 11.0 Å². The van der Waals surface area contributed by atoms with Crippen molar-refractivity contribution in [3.8, 4) is 5.75 Å². The predicted octanol–water partition coefficient (Wildman–Crippen LogP) is 3.10. The van der Waals surface area contributed by atoms with Gasteiger partial charge in [0.05, 0.1) is 13.2 Å². The molecule has 0 radical (unpaired) electrons. The first kappa shape index (κ1) is 20.1. The van der Waals surface area contributed by atoms with Crippen molar-refractivity contribution in [3.05, 3.63) is 49.9 Å². The minimum atomic E-state index is -0.746. The summed E-state index contributed by atoms with van der Waals surface area (Å²) in [5, 5.41) is 10.3. The molecule has 1 saturated heterocycles. The van der Waals surface area contributed by atoms with Gasteiger partial charge in [-0.25, -0.2) is 4.79 Å². The van der Waals surface area contributed by atoms with Crippen LogP contribution in [0.5, 0.6) is 5.75 Å². The van der Waals surface area contributed by atoms with Crippen LogP contribution in [0.4, 0.5) is 0 Å². The van der Waals surface area contributed by atoms with E-state index in [2.05, 4.69) is 9.74 Å². The van der Waals surface area contributed by atoms with Gasteiger partial charge in [0, 0.05) is 17.0 Å². The zero-order chi connectivity index (χ0) is 20.1. The molecule has 1 fully saturated rings. The maximum absolute atomic E-state index is 11.9. The van der Waals surface area contributed by atoms with Crippen LogP contribution in [0.3, 0.4) is 0 Å². The van der Waals surface area contributed by atoms with Gasteiger partial charge in [0.25, 0.3) is 5.09 Å². The topological polar surface area (TPSA) is 95.1 Å². The fourth-order valence-electron chi connectivity index (χ4n) is 3.54. The van der Waals surface area contributed by atoms with E-state index >= 15 is 0 Å². The molecule has 1 aliphatic rings. The molecule has 0 saturated carbocycles. The SMILES string of the molecule is Cc1c(C)c2ccc(OCC3CCN(CCCO[N+](=O)[O-])CC3)cc2oc1=O. The number of likely N-dealkylation sites (tertiary alicyclic amines) is 1.